The average Bonchev–Trinajstić information content (AvgIpc) is 2.89. The average molecular weight is 324 g/mol. The lowest BCUT2D eigenvalue weighted by Gasteiger charge is -2.21. The molecule has 0 bridgehead atoms. The number of benzene rings is 1. The maximum Gasteiger partial charge on any atom is 0.124 e. The van der Waals surface area contributed by atoms with Crippen LogP contribution < -0.4 is 10.1 Å². The minimum atomic E-state index is 0.129. The Bertz CT molecular complexity index is 582. The molecule has 1 unspecified atom stereocenters. The fourth-order valence-electron chi connectivity index (χ4n) is 2.32. The summed E-state index contributed by atoms with van der Waals surface area (Å²) in [7, 11) is 0. The van der Waals surface area contributed by atoms with Crippen molar-refractivity contribution in [1.29, 1.82) is 0 Å². The van der Waals surface area contributed by atoms with Crippen molar-refractivity contribution in [3.63, 3.8) is 0 Å². The van der Waals surface area contributed by atoms with Gasteiger partial charge >= 0.3 is 0 Å². The third-order valence-corrected chi connectivity index (χ3v) is 4.55. The number of thiophene rings is 1. The van der Waals surface area contributed by atoms with Crippen LogP contribution in [0.15, 0.2) is 30.3 Å². The summed E-state index contributed by atoms with van der Waals surface area (Å²) in [5.41, 5.74) is 2.42. The molecule has 4 heteroatoms. The van der Waals surface area contributed by atoms with Crippen molar-refractivity contribution in [1.82, 2.24) is 5.32 Å². The Morgan fingerprint density at radius 2 is 2.05 bits per heavy atom. The van der Waals surface area contributed by atoms with Crippen LogP contribution >= 0.6 is 22.9 Å². The zero-order chi connectivity index (χ0) is 15.2. The van der Waals surface area contributed by atoms with Gasteiger partial charge in [-0.1, -0.05) is 36.2 Å². The van der Waals surface area contributed by atoms with Crippen molar-refractivity contribution in [2.75, 3.05) is 13.2 Å². The van der Waals surface area contributed by atoms with Gasteiger partial charge in [0.2, 0.25) is 0 Å². The van der Waals surface area contributed by atoms with E-state index in [1.807, 2.05) is 13.0 Å². The van der Waals surface area contributed by atoms with Crippen molar-refractivity contribution in [2.24, 2.45) is 0 Å². The molecule has 0 saturated heterocycles. The van der Waals surface area contributed by atoms with Crippen LogP contribution in [0, 0.1) is 6.92 Å². The normalized spacial score (nSPS) is 12.4. The fraction of sp³-hybridized carbons (Fsp3) is 0.412. The summed E-state index contributed by atoms with van der Waals surface area (Å²) >= 11 is 7.74. The van der Waals surface area contributed by atoms with Crippen molar-refractivity contribution < 1.29 is 4.74 Å². The molecule has 0 radical (unpaired) electrons. The largest absolute Gasteiger partial charge is 0.494 e. The molecule has 0 spiro atoms. The second kappa shape index (κ2) is 7.83. The molecular weight excluding hydrogens is 302 g/mol. The Hall–Kier alpha value is -1.03. The van der Waals surface area contributed by atoms with E-state index in [-0.39, 0.29) is 6.04 Å². The minimum absolute atomic E-state index is 0.129. The van der Waals surface area contributed by atoms with Gasteiger partial charge in [-0.15, -0.1) is 11.3 Å². The quantitative estimate of drug-likeness (QED) is 0.756. The zero-order valence-electron chi connectivity index (χ0n) is 12.8. The first kappa shape index (κ1) is 16.3. The molecule has 0 amide bonds. The predicted octanol–water partition coefficient (Wildman–Crippen LogP) is 5.20. The van der Waals surface area contributed by atoms with E-state index >= 15 is 0 Å². The Morgan fingerprint density at radius 1 is 1.24 bits per heavy atom. The first-order valence-corrected chi connectivity index (χ1v) is 8.57. The summed E-state index contributed by atoms with van der Waals surface area (Å²) < 4.78 is 6.63. The molecule has 0 aliphatic rings. The summed E-state index contributed by atoms with van der Waals surface area (Å²) in [5.74, 6) is 0.946. The van der Waals surface area contributed by atoms with E-state index in [0.717, 1.165) is 23.1 Å². The second-order valence-corrected chi connectivity index (χ2v) is 6.75. The highest BCUT2D eigenvalue weighted by atomic mass is 35.5. The highest BCUT2D eigenvalue weighted by Crippen LogP contribution is 2.35. The molecule has 0 aliphatic carbocycles. The lowest BCUT2D eigenvalue weighted by atomic mass is 10.0. The van der Waals surface area contributed by atoms with Crippen molar-refractivity contribution >= 4 is 22.9 Å². The lowest BCUT2D eigenvalue weighted by molar-refractivity contribution is 0.333. The molecule has 21 heavy (non-hydrogen) atoms. The van der Waals surface area contributed by atoms with E-state index in [0.29, 0.717) is 6.61 Å². The second-order valence-electron chi connectivity index (χ2n) is 5.00. The highest BCUT2D eigenvalue weighted by molar-refractivity contribution is 7.16. The van der Waals surface area contributed by atoms with E-state index in [9.17, 15) is 0 Å². The first-order chi connectivity index (χ1) is 10.2. The maximum atomic E-state index is 6.12. The van der Waals surface area contributed by atoms with Gasteiger partial charge in [-0.3, -0.25) is 0 Å². The van der Waals surface area contributed by atoms with Gasteiger partial charge < -0.3 is 10.1 Å². The SMILES string of the molecule is CCCNC(c1ccc(Cl)s1)c1cc(C)ccc1OCC. The maximum absolute atomic E-state index is 6.12. The van der Waals surface area contributed by atoms with Crippen LogP contribution in [0.4, 0.5) is 0 Å². The zero-order valence-corrected chi connectivity index (χ0v) is 14.4. The molecular formula is C17H22ClNOS. The van der Waals surface area contributed by atoms with Crippen LogP contribution in [0.1, 0.15) is 42.3 Å². The first-order valence-electron chi connectivity index (χ1n) is 7.37. The monoisotopic (exact) mass is 323 g/mol. The van der Waals surface area contributed by atoms with Crippen LogP contribution in [0.2, 0.25) is 4.34 Å². The van der Waals surface area contributed by atoms with E-state index in [1.54, 1.807) is 11.3 Å². The molecule has 1 aromatic heterocycles. The van der Waals surface area contributed by atoms with Crippen LogP contribution in [0.3, 0.4) is 0 Å². The number of hydrogen-bond donors (Lipinski definition) is 1. The predicted molar refractivity (Wildman–Crippen MR) is 91.8 cm³/mol. The topological polar surface area (TPSA) is 21.3 Å². The van der Waals surface area contributed by atoms with Gasteiger partial charge in [-0.2, -0.15) is 0 Å². The van der Waals surface area contributed by atoms with Gasteiger partial charge in [0.1, 0.15) is 5.75 Å². The van der Waals surface area contributed by atoms with E-state index in [2.05, 4.69) is 43.4 Å². The molecule has 1 heterocycles. The third-order valence-electron chi connectivity index (χ3n) is 3.25. The number of rotatable bonds is 7. The third kappa shape index (κ3) is 4.22. The van der Waals surface area contributed by atoms with E-state index in [4.69, 9.17) is 16.3 Å². The molecule has 0 saturated carbocycles. The van der Waals surface area contributed by atoms with Gasteiger partial charge in [-0.05, 0) is 45.0 Å². The van der Waals surface area contributed by atoms with Crippen LogP contribution in [0.25, 0.3) is 0 Å². The summed E-state index contributed by atoms with van der Waals surface area (Å²) in [5, 5.41) is 3.61. The molecule has 2 nitrogen and oxygen atoms in total. The molecule has 1 N–H and O–H groups in total. The van der Waals surface area contributed by atoms with Crippen molar-refractivity contribution in [2.45, 2.75) is 33.2 Å². The molecule has 0 fully saturated rings. The van der Waals surface area contributed by atoms with Gasteiger partial charge in [-0.25, -0.2) is 0 Å². The standard InChI is InChI=1S/C17H22ClNOS/c1-4-10-19-17(15-8-9-16(18)21-15)13-11-12(3)6-7-14(13)20-5-2/h6-9,11,17,19H,4-5,10H2,1-3H3. The molecule has 1 aromatic carbocycles. The molecule has 1 atom stereocenters. The van der Waals surface area contributed by atoms with Crippen LogP contribution in [0.5, 0.6) is 5.75 Å². The Balaban J connectivity index is 2.42. The summed E-state index contributed by atoms with van der Waals surface area (Å²) in [6.07, 6.45) is 1.09. The van der Waals surface area contributed by atoms with Gasteiger partial charge in [0.15, 0.2) is 0 Å². The number of halogens is 1. The van der Waals surface area contributed by atoms with Crippen molar-refractivity contribution in [3.05, 3.63) is 50.7 Å². The lowest BCUT2D eigenvalue weighted by Crippen LogP contribution is -2.23. The molecule has 0 aliphatic heterocycles. The highest BCUT2D eigenvalue weighted by Gasteiger charge is 2.19. The Labute approximate surface area is 136 Å². The van der Waals surface area contributed by atoms with E-state index in [1.165, 1.54) is 16.0 Å². The van der Waals surface area contributed by atoms with Crippen LogP contribution in [-0.4, -0.2) is 13.2 Å². The summed E-state index contributed by atoms with van der Waals surface area (Å²) in [6, 6.07) is 10.5. The molecule has 2 aromatic rings. The fourth-order valence-corrected chi connectivity index (χ4v) is 3.47. The van der Waals surface area contributed by atoms with Crippen molar-refractivity contribution in [3.8, 4) is 5.75 Å². The summed E-state index contributed by atoms with van der Waals surface area (Å²) in [4.78, 5) is 1.22. The van der Waals surface area contributed by atoms with Gasteiger partial charge in [0.05, 0.1) is 17.0 Å². The number of nitrogens with one attached hydrogen (secondary N) is 1. The number of hydrogen-bond acceptors (Lipinski definition) is 3. The molecule has 114 valence electrons. The van der Waals surface area contributed by atoms with Gasteiger partial charge in [0, 0.05) is 10.4 Å². The molecule has 2 rings (SSSR count). The van der Waals surface area contributed by atoms with Gasteiger partial charge in [0.25, 0.3) is 0 Å². The summed E-state index contributed by atoms with van der Waals surface area (Å²) in [6.45, 7) is 7.92. The Kier molecular flexibility index (Phi) is 6.09. The van der Waals surface area contributed by atoms with E-state index < -0.39 is 0 Å². The van der Waals surface area contributed by atoms with Crippen LogP contribution in [-0.2, 0) is 0 Å². The number of aryl methyl sites for hydroxylation is 1. The smallest absolute Gasteiger partial charge is 0.124 e. The Morgan fingerprint density at radius 3 is 2.67 bits per heavy atom. The minimum Gasteiger partial charge on any atom is -0.494 e. The number of ether oxygens (including phenoxy) is 1.